The summed E-state index contributed by atoms with van der Waals surface area (Å²) in [5.74, 6) is -1.71. The number of hydrogen-bond donors (Lipinski definition) is 2. The number of benzene rings is 4. The van der Waals surface area contributed by atoms with Crippen LogP contribution in [0, 0.1) is 0 Å². The van der Waals surface area contributed by atoms with E-state index in [0.717, 1.165) is 22.3 Å². The van der Waals surface area contributed by atoms with Crippen molar-refractivity contribution in [1.82, 2.24) is 0 Å². The molecule has 0 bridgehead atoms. The topological polar surface area (TPSA) is 102 Å². The lowest BCUT2D eigenvalue weighted by Gasteiger charge is -2.15. The van der Waals surface area contributed by atoms with Gasteiger partial charge in [0.05, 0.1) is 23.4 Å². The van der Waals surface area contributed by atoms with E-state index in [9.17, 15) is 19.5 Å². The number of carboxylic acid groups (broad SMARTS) is 1. The molecule has 7 heteroatoms. The second-order valence-electron chi connectivity index (χ2n) is 8.58. The number of rotatable bonds is 10. The summed E-state index contributed by atoms with van der Waals surface area (Å²) in [6, 6.07) is 29.0. The summed E-state index contributed by atoms with van der Waals surface area (Å²) < 4.78 is 11.0. The summed E-state index contributed by atoms with van der Waals surface area (Å²) in [6.07, 6.45) is 0.405. The Morgan fingerprint density at radius 3 is 2.16 bits per heavy atom. The molecular formula is C31H27NO6. The van der Waals surface area contributed by atoms with Crippen molar-refractivity contribution in [2.75, 3.05) is 11.9 Å². The number of carbonyl (C=O) groups excluding carboxylic acids is 2. The Morgan fingerprint density at radius 2 is 1.47 bits per heavy atom. The van der Waals surface area contributed by atoms with Gasteiger partial charge in [-0.25, -0.2) is 4.79 Å². The first kappa shape index (κ1) is 26.2. The molecule has 1 amide bonds. The highest BCUT2D eigenvalue weighted by atomic mass is 16.5. The predicted octanol–water partition coefficient (Wildman–Crippen LogP) is 5.99. The second kappa shape index (κ2) is 12.4. The van der Waals surface area contributed by atoms with Crippen LogP contribution in [-0.4, -0.2) is 29.6 Å². The molecule has 0 saturated heterocycles. The fourth-order valence-electron chi connectivity index (χ4n) is 3.92. The van der Waals surface area contributed by atoms with E-state index in [4.69, 9.17) is 9.47 Å². The quantitative estimate of drug-likeness (QED) is 0.255. The number of nitrogens with one attached hydrogen (secondary N) is 1. The highest BCUT2D eigenvalue weighted by Gasteiger charge is 2.19. The molecule has 0 fully saturated rings. The van der Waals surface area contributed by atoms with Gasteiger partial charge in [0.1, 0.15) is 12.4 Å². The fourth-order valence-corrected chi connectivity index (χ4v) is 3.92. The number of amides is 1. The van der Waals surface area contributed by atoms with E-state index in [-0.39, 0.29) is 36.0 Å². The minimum atomic E-state index is -1.16. The number of ether oxygens (including phenoxy) is 2. The van der Waals surface area contributed by atoms with Gasteiger partial charge in [-0.2, -0.15) is 0 Å². The van der Waals surface area contributed by atoms with Crippen molar-refractivity contribution in [3.63, 3.8) is 0 Å². The minimum Gasteiger partial charge on any atom is -0.488 e. The van der Waals surface area contributed by atoms with Crippen molar-refractivity contribution in [2.24, 2.45) is 0 Å². The molecule has 0 aromatic heterocycles. The Labute approximate surface area is 220 Å². The third-order valence-corrected chi connectivity index (χ3v) is 5.83. The lowest BCUT2D eigenvalue weighted by atomic mass is 10.0. The van der Waals surface area contributed by atoms with Crippen LogP contribution in [0.2, 0.25) is 0 Å². The minimum absolute atomic E-state index is 0.0317. The summed E-state index contributed by atoms with van der Waals surface area (Å²) >= 11 is 0. The van der Waals surface area contributed by atoms with E-state index >= 15 is 0 Å². The first-order valence-corrected chi connectivity index (χ1v) is 12.1. The third kappa shape index (κ3) is 6.85. The van der Waals surface area contributed by atoms with E-state index in [2.05, 4.69) is 5.32 Å². The van der Waals surface area contributed by atoms with E-state index in [1.165, 1.54) is 13.0 Å². The van der Waals surface area contributed by atoms with Crippen LogP contribution in [0.15, 0.2) is 97.1 Å². The van der Waals surface area contributed by atoms with E-state index in [1.807, 2.05) is 60.7 Å². The molecule has 7 nitrogen and oxygen atoms in total. The Morgan fingerprint density at radius 1 is 0.763 bits per heavy atom. The van der Waals surface area contributed by atoms with Gasteiger partial charge in [0, 0.05) is 13.3 Å². The first-order valence-electron chi connectivity index (χ1n) is 12.1. The smallest absolute Gasteiger partial charge is 0.337 e. The Bertz CT molecular complexity index is 1430. The van der Waals surface area contributed by atoms with Crippen LogP contribution < -0.4 is 10.1 Å². The molecule has 4 aromatic carbocycles. The number of aromatic carboxylic acids is 1. The van der Waals surface area contributed by atoms with Gasteiger partial charge >= 0.3 is 11.9 Å². The monoisotopic (exact) mass is 509 g/mol. The van der Waals surface area contributed by atoms with Crippen LogP contribution in [0.3, 0.4) is 0 Å². The molecule has 0 aliphatic heterocycles. The van der Waals surface area contributed by atoms with Crippen LogP contribution in [0.25, 0.3) is 11.1 Å². The van der Waals surface area contributed by atoms with Gasteiger partial charge in [-0.3, -0.25) is 9.59 Å². The maximum atomic E-state index is 13.5. The van der Waals surface area contributed by atoms with Crippen molar-refractivity contribution in [3.8, 4) is 16.9 Å². The zero-order valence-corrected chi connectivity index (χ0v) is 20.8. The zero-order valence-electron chi connectivity index (χ0n) is 20.8. The Hall–Kier alpha value is -4.91. The maximum Gasteiger partial charge on any atom is 0.337 e. The molecule has 0 spiro atoms. The van der Waals surface area contributed by atoms with Crippen LogP contribution >= 0.6 is 0 Å². The Kier molecular flexibility index (Phi) is 8.51. The van der Waals surface area contributed by atoms with Crippen molar-refractivity contribution >= 4 is 23.5 Å². The summed E-state index contributed by atoms with van der Waals surface area (Å²) in [6.45, 7) is 1.75. The van der Waals surface area contributed by atoms with Gasteiger partial charge in [-0.1, -0.05) is 72.8 Å². The first-order chi connectivity index (χ1) is 18.4. The summed E-state index contributed by atoms with van der Waals surface area (Å²) in [7, 11) is 0. The van der Waals surface area contributed by atoms with Gasteiger partial charge in [0.2, 0.25) is 0 Å². The number of esters is 1. The lowest BCUT2D eigenvalue weighted by Crippen LogP contribution is -2.17. The molecule has 0 atom stereocenters. The fraction of sp³-hybridized carbons (Fsp3) is 0.129. The standard InChI is InChI=1S/C31H27NO6/c1-21(33)37-17-16-22-12-15-29(38-20-23-8-4-2-5-9-23)27(18-22)30(34)32-28-19-25(13-14-26(28)31(35)36)24-10-6-3-7-11-24/h2-15,18-19H,16-17,20H2,1H3,(H,32,34)(H,35,36). The molecule has 4 aromatic rings. The lowest BCUT2D eigenvalue weighted by molar-refractivity contribution is -0.140. The largest absolute Gasteiger partial charge is 0.488 e. The molecule has 0 aliphatic carbocycles. The highest BCUT2D eigenvalue weighted by Crippen LogP contribution is 2.28. The van der Waals surface area contributed by atoms with Gasteiger partial charge in [0.15, 0.2) is 0 Å². The van der Waals surface area contributed by atoms with Crippen LogP contribution in [-0.2, 0) is 22.6 Å². The van der Waals surface area contributed by atoms with E-state index in [1.54, 1.807) is 30.3 Å². The number of anilines is 1. The zero-order chi connectivity index (χ0) is 26.9. The predicted molar refractivity (Wildman–Crippen MR) is 144 cm³/mol. The normalized spacial score (nSPS) is 10.4. The second-order valence-corrected chi connectivity index (χ2v) is 8.58. The van der Waals surface area contributed by atoms with Crippen molar-refractivity contribution in [1.29, 1.82) is 0 Å². The molecule has 38 heavy (non-hydrogen) atoms. The number of carboxylic acids is 1. The van der Waals surface area contributed by atoms with Crippen LogP contribution in [0.4, 0.5) is 5.69 Å². The molecule has 0 aliphatic rings. The average Bonchev–Trinajstić information content (AvgIpc) is 2.93. The van der Waals surface area contributed by atoms with Crippen molar-refractivity contribution in [2.45, 2.75) is 20.0 Å². The molecule has 0 saturated carbocycles. The van der Waals surface area contributed by atoms with Gasteiger partial charge in [0.25, 0.3) is 5.91 Å². The van der Waals surface area contributed by atoms with Gasteiger partial charge in [-0.15, -0.1) is 0 Å². The molecule has 0 unspecified atom stereocenters. The van der Waals surface area contributed by atoms with Gasteiger partial charge in [-0.05, 0) is 46.5 Å². The van der Waals surface area contributed by atoms with Crippen LogP contribution in [0.5, 0.6) is 5.75 Å². The van der Waals surface area contributed by atoms with Crippen molar-refractivity contribution in [3.05, 3.63) is 119 Å². The maximum absolute atomic E-state index is 13.5. The van der Waals surface area contributed by atoms with Crippen molar-refractivity contribution < 1.29 is 29.0 Å². The molecule has 192 valence electrons. The molecule has 4 rings (SSSR count). The van der Waals surface area contributed by atoms with Gasteiger partial charge < -0.3 is 19.9 Å². The summed E-state index contributed by atoms with van der Waals surface area (Å²) in [4.78, 5) is 36.6. The molecule has 0 radical (unpaired) electrons. The molecule has 0 heterocycles. The highest BCUT2D eigenvalue weighted by molar-refractivity contribution is 6.09. The molecule has 2 N–H and O–H groups in total. The molecular weight excluding hydrogens is 482 g/mol. The summed E-state index contributed by atoms with van der Waals surface area (Å²) in [5, 5.41) is 12.5. The Balaban J connectivity index is 1.65. The van der Waals surface area contributed by atoms with Crippen LogP contribution in [0.1, 0.15) is 38.8 Å². The number of carbonyl (C=O) groups is 3. The third-order valence-electron chi connectivity index (χ3n) is 5.83. The van der Waals surface area contributed by atoms with E-state index < -0.39 is 11.9 Å². The average molecular weight is 510 g/mol. The number of hydrogen-bond acceptors (Lipinski definition) is 5. The SMILES string of the molecule is CC(=O)OCCc1ccc(OCc2ccccc2)c(C(=O)Nc2cc(-c3ccccc3)ccc2C(=O)O)c1. The van der Waals surface area contributed by atoms with E-state index in [0.29, 0.717) is 12.2 Å². The summed E-state index contributed by atoms with van der Waals surface area (Å²) in [5.41, 5.74) is 3.73.